The third kappa shape index (κ3) is 3.72. The maximum absolute atomic E-state index is 13.3. The number of aryl methyl sites for hydroxylation is 2. The van der Waals surface area contributed by atoms with Crippen LogP contribution in [-0.2, 0) is 24.2 Å². The lowest BCUT2D eigenvalue weighted by atomic mass is 10.1. The highest BCUT2D eigenvalue weighted by Gasteiger charge is 2.23. The molecule has 7 heteroatoms. The van der Waals surface area contributed by atoms with E-state index in [1.807, 2.05) is 4.90 Å². The number of hydrogen-bond acceptors (Lipinski definition) is 5. The highest BCUT2D eigenvalue weighted by atomic mass is 32.2. The van der Waals surface area contributed by atoms with Crippen molar-refractivity contribution in [2.24, 2.45) is 0 Å². The van der Waals surface area contributed by atoms with Crippen LogP contribution in [0, 0.1) is 0 Å². The molecule has 2 aromatic rings. The molecule has 1 aliphatic heterocycles. The van der Waals surface area contributed by atoms with Gasteiger partial charge in [-0.25, -0.2) is 4.98 Å². The molecule has 4 rings (SSSR count). The Morgan fingerprint density at radius 1 is 1.19 bits per heavy atom. The van der Waals surface area contributed by atoms with Crippen molar-refractivity contribution in [2.75, 3.05) is 18.8 Å². The Morgan fingerprint density at radius 2 is 1.96 bits per heavy atom. The maximum atomic E-state index is 13.3. The van der Waals surface area contributed by atoms with Crippen LogP contribution < -0.4 is 5.56 Å². The smallest absolute Gasteiger partial charge is 0.263 e. The molecule has 2 aliphatic rings. The van der Waals surface area contributed by atoms with Crippen LogP contribution in [0.3, 0.4) is 0 Å². The molecule has 0 unspecified atom stereocenters. The highest BCUT2D eigenvalue weighted by Crippen LogP contribution is 2.34. The number of carbonyl (C=O) groups is 1. The minimum Gasteiger partial charge on any atom is -0.342 e. The fraction of sp³-hybridized carbons (Fsp3) is 0.550. The van der Waals surface area contributed by atoms with E-state index in [9.17, 15) is 9.59 Å². The molecule has 1 saturated heterocycles. The van der Waals surface area contributed by atoms with Crippen molar-refractivity contribution >= 4 is 39.2 Å². The summed E-state index contributed by atoms with van der Waals surface area (Å²) in [4.78, 5) is 34.6. The van der Waals surface area contributed by atoms with E-state index in [-0.39, 0.29) is 11.5 Å². The molecule has 2 aromatic heterocycles. The molecule has 3 heterocycles. The van der Waals surface area contributed by atoms with Crippen LogP contribution in [0.5, 0.6) is 0 Å². The fourth-order valence-electron chi connectivity index (χ4n) is 3.98. The van der Waals surface area contributed by atoms with E-state index in [1.54, 1.807) is 22.0 Å². The first-order valence-electron chi connectivity index (χ1n) is 9.75. The van der Waals surface area contributed by atoms with E-state index in [4.69, 9.17) is 4.98 Å². The van der Waals surface area contributed by atoms with Crippen molar-refractivity contribution in [3.8, 4) is 0 Å². The van der Waals surface area contributed by atoms with Crippen molar-refractivity contribution in [1.29, 1.82) is 0 Å². The summed E-state index contributed by atoms with van der Waals surface area (Å²) < 4.78 is 1.69. The van der Waals surface area contributed by atoms with Gasteiger partial charge in [0.15, 0.2) is 5.16 Å². The molecule has 0 atom stereocenters. The molecule has 0 spiro atoms. The van der Waals surface area contributed by atoms with Gasteiger partial charge in [-0.05, 0) is 44.1 Å². The van der Waals surface area contributed by atoms with Crippen LogP contribution in [0.1, 0.15) is 42.5 Å². The molecule has 0 aromatic carbocycles. The van der Waals surface area contributed by atoms with Gasteiger partial charge in [-0.15, -0.1) is 17.9 Å². The van der Waals surface area contributed by atoms with Gasteiger partial charge in [0, 0.05) is 24.5 Å². The summed E-state index contributed by atoms with van der Waals surface area (Å²) in [5.41, 5.74) is 1.24. The summed E-state index contributed by atoms with van der Waals surface area (Å²) in [6, 6.07) is 0. The largest absolute Gasteiger partial charge is 0.342 e. The van der Waals surface area contributed by atoms with Crippen LogP contribution in [0.2, 0.25) is 0 Å². The Bertz CT molecular complexity index is 925. The second-order valence-electron chi connectivity index (χ2n) is 7.22. The number of thioether (sulfide) groups is 1. The summed E-state index contributed by atoms with van der Waals surface area (Å²) >= 11 is 3.05. The molecule has 0 N–H and O–H groups in total. The first-order valence-corrected chi connectivity index (χ1v) is 11.6. The van der Waals surface area contributed by atoms with Gasteiger partial charge in [0.1, 0.15) is 4.83 Å². The third-order valence-corrected chi connectivity index (χ3v) is 7.53. The number of carbonyl (C=O) groups excluding carboxylic acids is 1. The zero-order valence-electron chi connectivity index (χ0n) is 15.5. The first kappa shape index (κ1) is 18.7. The number of allylic oxidation sites excluding steroid dienone is 1. The van der Waals surface area contributed by atoms with Gasteiger partial charge in [0.05, 0.1) is 11.1 Å². The van der Waals surface area contributed by atoms with Crippen LogP contribution >= 0.6 is 23.1 Å². The molecule has 1 aliphatic carbocycles. The molecular formula is C20H25N3O2S2. The average Bonchev–Trinajstić information content (AvgIpc) is 3.26. The van der Waals surface area contributed by atoms with Crippen molar-refractivity contribution in [2.45, 2.75) is 56.6 Å². The minimum atomic E-state index is 0.0235. The predicted octanol–water partition coefficient (Wildman–Crippen LogP) is 3.63. The zero-order chi connectivity index (χ0) is 18.8. The Morgan fingerprint density at radius 3 is 2.74 bits per heavy atom. The van der Waals surface area contributed by atoms with E-state index in [0.717, 1.165) is 55.4 Å². The quantitative estimate of drug-likeness (QED) is 0.331. The van der Waals surface area contributed by atoms with Gasteiger partial charge in [0.2, 0.25) is 5.91 Å². The number of aromatic nitrogens is 2. The summed E-state index contributed by atoms with van der Waals surface area (Å²) in [5, 5.41) is 1.44. The standard InChI is InChI=1S/C20H25N3O2S2/c1-2-10-23-19(25)17-14-8-4-3-5-9-15(14)27-18(17)21-20(23)26-13-16(24)22-11-6-7-12-22/h2H,1,3-13H2. The van der Waals surface area contributed by atoms with E-state index in [1.165, 1.54) is 35.0 Å². The Labute approximate surface area is 167 Å². The number of likely N-dealkylation sites (tertiary alicyclic amines) is 1. The number of amides is 1. The van der Waals surface area contributed by atoms with Gasteiger partial charge in [-0.2, -0.15) is 0 Å². The van der Waals surface area contributed by atoms with Crippen LogP contribution in [0.15, 0.2) is 22.6 Å². The Kier molecular flexibility index (Phi) is 5.68. The van der Waals surface area contributed by atoms with Gasteiger partial charge in [-0.3, -0.25) is 14.2 Å². The molecule has 0 bridgehead atoms. The molecule has 144 valence electrons. The predicted molar refractivity (Wildman–Crippen MR) is 112 cm³/mol. The Hall–Kier alpha value is -1.60. The lowest BCUT2D eigenvalue weighted by molar-refractivity contribution is -0.127. The number of nitrogens with zero attached hydrogens (tertiary/aromatic N) is 3. The lowest BCUT2D eigenvalue weighted by Crippen LogP contribution is -2.30. The minimum absolute atomic E-state index is 0.0235. The number of hydrogen-bond donors (Lipinski definition) is 0. The van der Waals surface area contributed by atoms with E-state index >= 15 is 0 Å². The van der Waals surface area contributed by atoms with E-state index < -0.39 is 0 Å². The number of fused-ring (bicyclic) bond motifs is 3. The molecular weight excluding hydrogens is 378 g/mol. The summed E-state index contributed by atoms with van der Waals surface area (Å²) in [5.74, 6) is 0.471. The Balaban J connectivity index is 1.69. The van der Waals surface area contributed by atoms with E-state index in [2.05, 4.69) is 6.58 Å². The molecule has 1 fully saturated rings. The molecule has 1 amide bonds. The molecule has 0 saturated carbocycles. The zero-order valence-corrected chi connectivity index (χ0v) is 17.2. The highest BCUT2D eigenvalue weighted by molar-refractivity contribution is 7.99. The second-order valence-corrected chi connectivity index (χ2v) is 9.25. The van der Waals surface area contributed by atoms with Gasteiger partial charge < -0.3 is 4.90 Å². The normalized spacial score (nSPS) is 17.1. The number of thiophene rings is 1. The van der Waals surface area contributed by atoms with Crippen LogP contribution in [0.4, 0.5) is 0 Å². The lowest BCUT2D eigenvalue weighted by Gasteiger charge is -2.15. The summed E-state index contributed by atoms with van der Waals surface area (Å²) in [6.45, 7) is 5.92. The second kappa shape index (κ2) is 8.19. The summed E-state index contributed by atoms with van der Waals surface area (Å²) in [6.07, 6.45) is 9.47. The SMILES string of the molecule is C=CCn1c(SCC(=O)N2CCCC2)nc2sc3c(c2c1=O)CCCCC3. The van der Waals surface area contributed by atoms with Crippen LogP contribution in [-0.4, -0.2) is 39.2 Å². The van der Waals surface area contributed by atoms with E-state index in [0.29, 0.717) is 17.5 Å². The monoisotopic (exact) mass is 403 g/mol. The molecule has 27 heavy (non-hydrogen) atoms. The topological polar surface area (TPSA) is 55.2 Å². The summed E-state index contributed by atoms with van der Waals surface area (Å²) in [7, 11) is 0. The third-order valence-electron chi connectivity index (χ3n) is 5.39. The van der Waals surface area contributed by atoms with Crippen molar-refractivity contribution in [3.05, 3.63) is 33.4 Å². The van der Waals surface area contributed by atoms with Crippen molar-refractivity contribution in [1.82, 2.24) is 14.5 Å². The molecule has 0 radical (unpaired) electrons. The van der Waals surface area contributed by atoms with Gasteiger partial charge in [-0.1, -0.05) is 24.3 Å². The maximum Gasteiger partial charge on any atom is 0.263 e. The van der Waals surface area contributed by atoms with Crippen molar-refractivity contribution in [3.63, 3.8) is 0 Å². The average molecular weight is 404 g/mol. The number of rotatable bonds is 5. The van der Waals surface area contributed by atoms with Crippen molar-refractivity contribution < 1.29 is 4.79 Å². The molecule has 5 nitrogen and oxygen atoms in total. The van der Waals surface area contributed by atoms with Crippen LogP contribution in [0.25, 0.3) is 10.2 Å². The fourth-order valence-corrected chi connectivity index (χ4v) is 6.19. The van der Waals surface area contributed by atoms with Gasteiger partial charge in [0.25, 0.3) is 5.56 Å². The van der Waals surface area contributed by atoms with Gasteiger partial charge >= 0.3 is 0 Å². The first-order chi connectivity index (χ1) is 13.2.